The average Bonchev–Trinajstić information content (AvgIpc) is 3.02. The Morgan fingerprint density at radius 2 is 2.39 bits per heavy atom. The van der Waals surface area contributed by atoms with Crippen molar-refractivity contribution >= 4 is 0 Å². The summed E-state index contributed by atoms with van der Waals surface area (Å²) in [6.45, 7) is 4.45. The van der Waals surface area contributed by atoms with Gasteiger partial charge in [0.25, 0.3) is 0 Å². The van der Waals surface area contributed by atoms with E-state index in [2.05, 4.69) is 20.1 Å². The Morgan fingerprint density at radius 1 is 1.52 bits per heavy atom. The second-order valence-corrected chi connectivity index (χ2v) is 5.69. The van der Waals surface area contributed by atoms with Crippen LogP contribution in [-0.4, -0.2) is 58.5 Å². The van der Waals surface area contributed by atoms with E-state index in [0.29, 0.717) is 25.5 Å². The fourth-order valence-corrected chi connectivity index (χ4v) is 2.73. The molecule has 0 bridgehead atoms. The van der Waals surface area contributed by atoms with Gasteiger partial charge in [0.15, 0.2) is 5.82 Å². The smallest absolute Gasteiger partial charge is 0.180 e. The number of aryl methyl sites for hydroxylation is 1. The minimum atomic E-state index is -0.572. The summed E-state index contributed by atoms with van der Waals surface area (Å²) in [5.74, 6) is 2.19. The van der Waals surface area contributed by atoms with E-state index in [4.69, 9.17) is 9.47 Å². The normalized spacial score (nSPS) is 20.4. The summed E-state index contributed by atoms with van der Waals surface area (Å²) in [7, 11) is 1.62. The van der Waals surface area contributed by atoms with E-state index >= 15 is 0 Å². The van der Waals surface area contributed by atoms with Crippen LogP contribution in [0.1, 0.15) is 29.4 Å². The number of hydrogen-bond acceptors (Lipinski definition) is 6. The summed E-state index contributed by atoms with van der Waals surface area (Å²) < 4.78 is 11.0. The van der Waals surface area contributed by atoms with Crippen molar-refractivity contribution in [2.75, 3.05) is 33.4 Å². The number of methoxy groups -OCH3 is 1. The van der Waals surface area contributed by atoms with Crippen LogP contribution < -0.4 is 4.74 Å². The van der Waals surface area contributed by atoms with Gasteiger partial charge in [0.1, 0.15) is 17.7 Å². The molecule has 7 heteroatoms. The highest BCUT2D eigenvalue weighted by molar-refractivity contribution is 5.29. The molecule has 0 saturated carbocycles. The van der Waals surface area contributed by atoms with Crippen LogP contribution in [0.25, 0.3) is 0 Å². The van der Waals surface area contributed by atoms with Crippen molar-refractivity contribution < 1.29 is 14.6 Å². The third kappa shape index (κ3) is 3.87. The second kappa shape index (κ2) is 7.08. The van der Waals surface area contributed by atoms with Gasteiger partial charge in [-0.2, -0.15) is 5.10 Å². The molecule has 2 aromatic rings. The molecule has 7 nitrogen and oxygen atoms in total. The molecule has 0 unspecified atom stereocenters. The number of ether oxygens (including phenoxy) is 2. The summed E-state index contributed by atoms with van der Waals surface area (Å²) >= 11 is 0. The fourth-order valence-electron chi connectivity index (χ4n) is 2.73. The van der Waals surface area contributed by atoms with Gasteiger partial charge in [-0.3, -0.25) is 10.00 Å². The van der Waals surface area contributed by atoms with Crippen molar-refractivity contribution in [2.24, 2.45) is 0 Å². The number of nitrogens with zero attached hydrogens (tertiary/aromatic N) is 3. The highest BCUT2D eigenvalue weighted by Crippen LogP contribution is 2.23. The Hall–Kier alpha value is -1.96. The molecule has 0 radical (unpaired) electrons. The van der Waals surface area contributed by atoms with Gasteiger partial charge >= 0.3 is 0 Å². The maximum absolute atomic E-state index is 10.5. The Kier molecular flexibility index (Phi) is 4.90. The Labute approximate surface area is 135 Å². The SMILES string of the molecule is COc1cccc([C@@H](O)CN2CCO[C@@H](c3n[nH]c(C)n3)C2)c1. The number of H-pyrrole nitrogens is 1. The monoisotopic (exact) mass is 318 g/mol. The zero-order valence-electron chi connectivity index (χ0n) is 13.4. The van der Waals surface area contributed by atoms with Crippen molar-refractivity contribution in [1.82, 2.24) is 20.1 Å². The lowest BCUT2D eigenvalue weighted by Gasteiger charge is -2.32. The van der Waals surface area contributed by atoms with Gasteiger partial charge in [0.05, 0.1) is 19.8 Å². The molecule has 3 rings (SSSR count). The molecule has 1 aliphatic rings. The molecule has 1 fully saturated rings. The van der Waals surface area contributed by atoms with Crippen LogP contribution >= 0.6 is 0 Å². The molecule has 0 aliphatic carbocycles. The summed E-state index contributed by atoms with van der Waals surface area (Å²) in [6.07, 6.45) is -0.732. The number of aliphatic hydroxyl groups excluding tert-OH is 1. The van der Waals surface area contributed by atoms with E-state index in [1.165, 1.54) is 0 Å². The lowest BCUT2D eigenvalue weighted by Crippen LogP contribution is -2.40. The van der Waals surface area contributed by atoms with Gasteiger partial charge in [-0.1, -0.05) is 12.1 Å². The molecule has 0 amide bonds. The molecule has 2 atom stereocenters. The molecule has 1 aromatic heterocycles. The summed E-state index contributed by atoms with van der Waals surface area (Å²) in [5, 5.41) is 17.5. The number of nitrogens with one attached hydrogen (secondary N) is 1. The van der Waals surface area contributed by atoms with E-state index in [9.17, 15) is 5.11 Å². The first-order valence-electron chi connectivity index (χ1n) is 7.70. The molecule has 1 aliphatic heterocycles. The van der Waals surface area contributed by atoms with Crippen LogP contribution in [0.3, 0.4) is 0 Å². The Morgan fingerprint density at radius 3 is 3.13 bits per heavy atom. The largest absolute Gasteiger partial charge is 0.497 e. The minimum absolute atomic E-state index is 0.161. The number of aromatic amines is 1. The molecule has 1 aromatic carbocycles. The molecular weight excluding hydrogens is 296 g/mol. The molecule has 2 heterocycles. The van der Waals surface area contributed by atoms with Crippen molar-refractivity contribution in [3.8, 4) is 5.75 Å². The van der Waals surface area contributed by atoms with Gasteiger partial charge in [0.2, 0.25) is 0 Å². The van der Waals surface area contributed by atoms with E-state index in [-0.39, 0.29) is 6.10 Å². The first-order chi connectivity index (χ1) is 11.2. The third-order valence-electron chi connectivity index (χ3n) is 3.96. The average molecular weight is 318 g/mol. The quantitative estimate of drug-likeness (QED) is 0.863. The number of β-amino-alcohol motifs (C(OH)–C–C–N with tert-alkyl or cyclic N) is 1. The predicted molar refractivity (Wildman–Crippen MR) is 84.2 cm³/mol. The number of aromatic nitrogens is 3. The van der Waals surface area contributed by atoms with E-state index in [0.717, 1.165) is 23.7 Å². The van der Waals surface area contributed by atoms with E-state index < -0.39 is 6.10 Å². The first kappa shape index (κ1) is 15.9. The van der Waals surface area contributed by atoms with Crippen molar-refractivity contribution in [1.29, 1.82) is 0 Å². The summed E-state index contributed by atoms with van der Waals surface area (Å²) in [4.78, 5) is 6.50. The topological polar surface area (TPSA) is 83.5 Å². The van der Waals surface area contributed by atoms with Gasteiger partial charge in [0, 0.05) is 19.6 Å². The van der Waals surface area contributed by atoms with E-state index in [1.54, 1.807) is 7.11 Å². The number of benzene rings is 1. The minimum Gasteiger partial charge on any atom is -0.497 e. The highest BCUT2D eigenvalue weighted by Gasteiger charge is 2.26. The van der Waals surface area contributed by atoms with Gasteiger partial charge in [-0.25, -0.2) is 4.98 Å². The maximum Gasteiger partial charge on any atom is 0.180 e. The third-order valence-corrected chi connectivity index (χ3v) is 3.96. The molecule has 0 spiro atoms. The zero-order valence-corrected chi connectivity index (χ0v) is 13.4. The van der Waals surface area contributed by atoms with Crippen molar-refractivity contribution in [3.05, 3.63) is 41.5 Å². The molecule has 2 N–H and O–H groups in total. The fraction of sp³-hybridized carbons (Fsp3) is 0.500. The lowest BCUT2D eigenvalue weighted by atomic mass is 10.1. The standard InChI is InChI=1S/C16H22N4O3/c1-11-17-16(19-18-11)15-10-20(6-7-23-15)9-14(21)12-4-3-5-13(8-12)22-2/h3-5,8,14-15,21H,6-7,9-10H2,1-2H3,(H,17,18,19)/t14-,15+/m0/s1. The van der Waals surface area contributed by atoms with Crippen LogP contribution in [0, 0.1) is 6.92 Å². The Balaban J connectivity index is 1.62. The van der Waals surface area contributed by atoms with Crippen LogP contribution in [0.15, 0.2) is 24.3 Å². The lowest BCUT2D eigenvalue weighted by molar-refractivity contribution is -0.0461. The van der Waals surface area contributed by atoms with Gasteiger partial charge in [-0.05, 0) is 24.6 Å². The van der Waals surface area contributed by atoms with Crippen LogP contribution in [0.5, 0.6) is 5.75 Å². The van der Waals surface area contributed by atoms with Crippen molar-refractivity contribution in [2.45, 2.75) is 19.1 Å². The maximum atomic E-state index is 10.5. The first-order valence-corrected chi connectivity index (χ1v) is 7.70. The van der Waals surface area contributed by atoms with Crippen LogP contribution in [-0.2, 0) is 4.74 Å². The second-order valence-electron chi connectivity index (χ2n) is 5.69. The van der Waals surface area contributed by atoms with E-state index in [1.807, 2.05) is 31.2 Å². The van der Waals surface area contributed by atoms with Gasteiger partial charge < -0.3 is 14.6 Å². The number of morpholine rings is 1. The predicted octanol–water partition coefficient (Wildman–Crippen LogP) is 1.23. The van der Waals surface area contributed by atoms with Crippen LogP contribution in [0.2, 0.25) is 0 Å². The molecular formula is C16H22N4O3. The number of aliphatic hydroxyl groups is 1. The number of hydrogen-bond donors (Lipinski definition) is 2. The molecule has 23 heavy (non-hydrogen) atoms. The number of rotatable bonds is 5. The highest BCUT2D eigenvalue weighted by atomic mass is 16.5. The molecule has 124 valence electrons. The summed E-state index contributed by atoms with van der Waals surface area (Å²) in [5.41, 5.74) is 0.848. The van der Waals surface area contributed by atoms with Crippen molar-refractivity contribution in [3.63, 3.8) is 0 Å². The summed E-state index contributed by atoms with van der Waals surface area (Å²) in [6, 6.07) is 7.52. The molecule has 1 saturated heterocycles. The van der Waals surface area contributed by atoms with Crippen LogP contribution in [0.4, 0.5) is 0 Å². The Bertz CT molecular complexity index is 646. The zero-order chi connectivity index (χ0) is 16.2. The van der Waals surface area contributed by atoms with Gasteiger partial charge in [-0.15, -0.1) is 0 Å².